The lowest BCUT2D eigenvalue weighted by Gasteiger charge is -2.36. The number of carbonyl (C=O) groups is 1. The number of aryl methyl sites for hydroxylation is 1. The summed E-state index contributed by atoms with van der Waals surface area (Å²) < 4.78 is 1.09. The van der Waals surface area contributed by atoms with Gasteiger partial charge >= 0.3 is 0 Å². The van der Waals surface area contributed by atoms with Crippen LogP contribution < -0.4 is 5.32 Å². The molecule has 5 nitrogen and oxygen atoms in total. The maximum absolute atomic E-state index is 11.4. The van der Waals surface area contributed by atoms with E-state index in [0.717, 1.165) is 43.2 Å². The van der Waals surface area contributed by atoms with Crippen LogP contribution in [0.4, 0.5) is 0 Å². The molecular formula is C17H26BrIN4O. The number of halogens is 2. The van der Waals surface area contributed by atoms with Crippen LogP contribution in [0.5, 0.6) is 0 Å². The number of nitrogens with zero attached hydrogens (tertiary/aromatic N) is 3. The second-order valence-corrected chi connectivity index (χ2v) is 6.65. The lowest BCUT2D eigenvalue weighted by atomic mass is 10.1. The van der Waals surface area contributed by atoms with Crippen LogP contribution in [-0.2, 0) is 11.3 Å². The number of hydrogen-bond donors (Lipinski definition) is 1. The van der Waals surface area contributed by atoms with E-state index in [4.69, 9.17) is 4.99 Å². The number of carbonyl (C=O) groups excluding carboxylic acids is 1. The molecule has 1 N–H and O–H groups in total. The van der Waals surface area contributed by atoms with Crippen molar-refractivity contribution in [2.75, 3.05) is 32.7 Å². The number of aliphatic imine (C=N–C) groups is 1. The molecular weight excluding hydrogens is 483 g/mol. The first-order valence-electron chi connectivity index (χ1n) is 8.05. The first-order chi connectivity index (χ1) is 11.0. The van der Waals surface area contributed by atoms with Gasteiger partial charge in [0, 0.05) is 44.1 Å². The highest BCUT2D eigenvalue weighted by Crippen LogP contribution is 2.16. The van der Waals surface area contributed by atoms with Crippen molar-refractivity contribution in [2.24, 2.45) is 4.99 Å². The van der Waals surface area contributed by atoms with Crippen molar-refractivity contribution in [2.45, 2.75) is 27.3 Å². The fraction of sp³-hybridized carbons (Fsp3) is 0.529. The van der Waals surface area contributed by atoms with Crippen LogP contribution in [0.1, 0.15) is 25.0 Å². The van der Waals surface area contributed by atoms with E-state index in [1.54, 1.807) is 6.92 Å². The molecule has 1 aromatic carbocycles. The topological polar surface area (TPSA) is 47.9 Å². The van der Waals surface area contributed by atoms with Crippen LogP contribution in [-0.4, -0.2) is 54.4 Å². The lowest BCUT2D eigenvalue weighted by molar-refractivity contribution is -0.130. The number of hydrogen-bond acceptors (Lipinski definition) is 2. The monoisotopic (exact) mass is 508 g/mol. The van der Waals surface area contributed by atoms with E-state index in [9.17, 15) is 4.79 Å². The Labute approximate surface area is 170 Å². The van der Waals surface area contributed by atoms with Crippen molar-refractivity contribution in [3.05, 3.63) is 33.8 Å². The van der Waals surface area contributed by atoms with E-state index in [1.807, 2.05) is 4.90 Å². The Kier molecular flexibility index (Phi) is 9.04. The molecule has 1 heterocycles. The quantitative estimate of drug-likeness (QED) is 0.388. The van der Waals surface area contributed by atoms with Crippen LogP contribution >= 0.6 is 39.9 Å². The van der Waals surface area contributed by atoms with Crippen molar-refractivity contribution in [1.29, 1.82) is 0 Å². The zero-order valence-corrected chi connectivity index (χ0v) is 18.4. The number of guanidine groups is 1. The summed E-state index contributed by atoms with van der Waals surface area (Å²) >= 11 is 3.49. The number of amides is 1. The summed E-state index contributed by atoms with van der Waals surface area (Å²) in [6.45, 7) is 10.5. The third kappa shape index (κ3) is 5.91. The predicted octanol–water partition coefficient (Wildman–Crippen LogP) is 3.01. The molecule has 0 spiro atoms. The molecule has 1 saturated heterocycles. The summed E-state index contributed by atoms with van der Waals surface area (Å²) in [5, 5.41) is 3.36. The molecule has 134 valence electrons. The fourth-order valence-corrected chi connectivity index (χ4v) is 3.13. The van der Waals surface area contributed by atoms with Gasteiger partial charge in [0.05, 0.1) is 6.54 Å². The Morgan fingerprint density at radius 2 is 1.88 bits per heavy atom. The second kappa shape index (κ2) is 10.2. The lowest BCUT2D eigenvalue weighted by Crippen LogP contribution is -2.53. The minimum absolute atomic E-state index is 0. The van der Waals surface area contributed by atoms with E-state index in [1.165, 1.54) is 11.1 Å². The molecule has 24 heavy (non-hydrogen) atoms. The molecule has 7 heteroatoms. The average Bonchev–Trinajstić information content (AvgIpc) is 2.53. The minimum atomic E-state index is 0. The summed E-state index contributed by atoms with van der Waals surface area (Å²) in [7, 11) is 0. The summed E-state index contributed by atoms with van der Waals surface area (Å²) in [6, 6.07) is 6.28. The molecule has 1 aliphatic rings. The average molecular weight is 509 g/mol. The molecule has 0 atom stereocenters. The summed E-state index contributed by atoms with van der Waals surface area (Å²) in [5.74, 6) is 1.08. The van der Waals surface area contributed by atoms with Crippen LogP contribution in [0.2, 0.25) is 0 Å². The highest BCUT2D eigenvalue weighted by atomic mass is 127. The Morgan fingerprint density at radius 3 is 2.42 bits per heavy atom. The van der Waals surface area contributed by atoms with Crippen LogP contribution in [0.15, 0.2) is 27.7 Å². The fourth-order valence-electron chi connectivity index (χ4n) is 2.66. The molecule has 0 saturated carbocycles. The molecule has 1 fully saturated rings. The zero-order valence-electron chi connectivity index (χ0n) is 14.5. The number of rotatable bonds is 3. The van der Waals surface area contributed by atoms with Gasteiger partial charge in [-0.1, -0.05) is 22.0 Å². The van der Waals surface area contributed by atoms with E-state index in [0.29, 0.717) is 6.54 Å². The van der Waals surface area contributed by atoms with Crippen molar-refractivity contribution >= 4 is 51.8 Å². The first kappa shape index (κ1) is 21.2. The van der Waals surface area contributed by atoms with Crippen molar-refractivity contribution in [3.63, 3.8) is 0 Å². The summed E-state index contributed by atoms with van der Waals surface area (Å²) in [5.41, 5.74) is 2.46. The van der Waals surface area contributed by atoms with Gasteiger partial charge in [-0.05, 0) is 37.1 Å². The van der Waals surface area contributed by atoms with Gasteiger partial charge in [-0.15, -0.1) is 24.0 Å². The number of nitrogens with one attached hydrogen (secondary N) is 1. The Morgan fingerprint density at radius 1 is 1.25 bits per heavy atom. The Hall–Kier alpha value is -0.830. The second-order valence-electron chi connectivity index (χ2n) is 5.73. The molecule has 0 unspecified atom stereocenters. The van der Waals surface area contributed by atoms with Crippen molar-refractivity contribution in [1.82, 2.24) is 15.1 Å². The summed E-state index contributed by atoms with van der Waals surface area (Å²) in [6.07, 6.45) is 0. The normalized spacial score (nSPS) is 15.1. The smallest absolute Gasteiger partial charge is 0.219 e. The van der Waals surface area contributed by atoms with Gasteiger partial charge in [-0.3, -0.25) is 4.79 Å². The minimum Gasteiger partial charge on any atom is -0.357 e. The highest BCUT2D eigenvalue weighted by Gasteiger charge is 2.20. The van der Waals surface area contributed by atoms with Crippen LogP contribution in [0.25, 0.3) is 0 Å². The van der Waals surface area contributed by atoms with Gasteiger partial charge < -0.3 is 15.1 Å². The predicted molar refractivity (Wildman–Crippen MR) is 113 cm³/mol. The van der Waals surface area contributed by atoms with Crippen LogP contribution in [0.3, 0.4) is 0 Å². The maximum atomic E-state index is 11.4. The number of benzene rings is 1. The van der Waals surface area contributed by atoms with Crippen LogP contribution in [0, 0.1) is 6.92 Å². The highest BCUT2D eigenvalue weighted by molar-refractivity contribution is 14.0. The molecule has 0 aromatic heterocycles. The van der Waals surface area contributed by atoms with Crippen molar-refractivity contribution in [3.8, 4) is 0 Å². The van der Waals surface area contributed by atoms with E-state index in [2.05, 4.69) is 58.2 Å². The van der Waals surface area contributed by atoms with E-state index < -0.39 is 0 Å². The third-order valence-electron chi connectivity index (χ3n) is 4.06. The zero-order chi connectivity index (χ0) is 16.8. The molecule has 1 aliphatic heterocycles. The Balaban J connectivity index is 0.00000288. The number of piperazine rings is 1. The molecule has 1 aromatic rings. The molecule has 2 rings (SSSR count). The van der Waals surface area contributed by atoms with Gasteiger partial charge in [0.25, 0.3) is 0 Å². The third-order valence-corrected chi connectivity index (χ3v) is 4.56. The standard InChI is InChI=1S/C17H25BrN4O.HI/c1-4-19-17(22-9-7-21(8-10-22)14(3)23)20-12-15-5-6-16(18)11-13(15)2;/h5-6,11H,4,7-10,12H2,1-3H3,(H,19,20);1H. The van der Waals surface area contributed by atoms with Gasteiger partial charge in [0.2, 0.25) is 5.91 Å². The first-order valence-corrected chi connectivity index (χ1v) is 8.84. The molecule has 0 bridgehead atoms. The Bertz CT molecular complexity index is 586. The largest absolute Gasteiger partial charge is 0.357 e. The van der Waals surface area contributed by atoms with E-state index in [-0.39, 0.29) is 29.9 Å². The van der Waals surface area contributed by atoms with Crippen molar-refractivity contribution < 1.29 is 4.79 Å². The summed E-state index contributed by atoms with van der Waals surface area (Å²) in [4.78, 5) is 20.3. The van der Waals surface area contributed by atoms with Gasteiger partial charge in [-0.25, -0.2) is 4.99 Å². The SMILES string of the molecule is CCNC(=NCc1ccc(Br)cc1C)N1CCN(C(C)=O)CC1.I. The maximum Gasteiger partial charge on any atom is 0.219 e. The molecule has 1 amide bonds. The molecule has 0 aliphatic carbocycles. The molecule has 0 radical (unpaired) electrons. The van der Waals surface area contributed by atoms with Gasteiger partial charge in [0.15, 0.2) is 5.96 Å². The van der Waals surface area contributed by atoms with Gasteiger partial charge in [-0.2, -0.15) is 0 Å². The van der Waals surface area contributed by atoms with E-state index >= 15 is 0 Å². The van der Waals surface area contributed by atoms with Gasteiger partial charge in [0.1, 0.15) is 0 Å².